The minimum absolute atomic E-state index is 0.333. The zero-order chi connectivity index (χ0) is 13.8. The van der Waals surface area contributed by atoms with E-state index in [2.05, 4.69) is 5.32 Å². The van der Waals surface area contributed by atoms with Crippen LogP contribution in [-0.2, 0) is 0 Å². The molecule has 4 heteroatoms. The number of ether oxygens (including phenoxy) is 2. The summed E-state index contributed by atoms with van der Waals surface area (Å²) in [5.74, 6) is 1.98. The summed E-state index contributed by atoms with van der Waals surface area (Å²) in [7, 11) is 5.26. The number of methoxy groups -OCH3 is 2. The van der Waals surface area contributed by atoms with Crippen molar-refractivity contribution in [1.29, 1.82) is 0 Å². The summed E-state index contributed by atoms with van der Waals surface area (Å²) < 4.78 is 10.7. The fourth-order valence-corrected chi connectivity index (χ4v) is 3.38. The molecule has 1 saturated carbocycles. The lowest BCUT2D eigenvalue weighted by atomic mass is 9.91. The molecule has 0 bridgehead atoms. The first-order valence-electron chi connectivity index (χ1n) is 6.80. The van der Waals surface area contributed by atoms with Crippen LogP contribution in [0.15, 0.2) is 12.1 Å². The number of halogens is 1. The van der Waals surface area contributed by atoms with E-state index in [0.717, 1.165) is 0 Å². The first-order valence-corrected chi connectivity index (χ1v) is 7.17. The van der Waals surface area contributed by atoms with Crippen molar-refractivity contribution in [3.05, 3.63) is 22.7 Å². The van der Waals surface area contributed by atoms with Crippen LogP contribution in [0.4, 0.5) is 0 Å². The molecule has 19 heavy (non-hydrogen) atoms. The number of benzene rings is 1. The Hall–Kier alpha value is -0.930. The third kappa shape index (κ3) is 2.98. The van der Waals surface area contributed by atoms with Crippen LogP contribution in [0.2, 0.25) is 5.02 Å². The molecule has 0 saturated heterocycles. The van der Waals surface area contributed by atoms with Crippen molar-refractivity contribution in [2.45, 2.75) is 31.7 Å². The maximum Gasteiger partial charge on any atom is 0.179 e. The average Bonchev–Trinajstić information content (AvgIpc) is 2.92. The second-order valence-corrected chi connectivity index (χ2v) is 5.46. The SMILES string of the molecule is CNC(c1cc(Cl)c(OC)c(OC)c1)C1CCCC1. The van der Waals surface area contributed by atoms with E-state index in [1.165, 1.54) is 31.2 Å². The van der Waals surface area contributed by atoms with Gasteiger partial charge in [0.15, 0.2) is 11.5 Å². The lowest BCUT2D eigenvalue weighted by Crippen LogP contribution is -2.23. The highest BCUT2D eigenvalue weighted by Gasteiger charge is 2.26. The molecule has 3 nitrogen and oxygen atoms in total. The van der Waals surface area contributed by atoms with E-state index in [1.54, 1.807) is 14.2 Å². The smallest absolute Gasteiger partial charge is 0.179 e. The molecular formula is C15H22ClNO2. The zero-order valence-corrected chi connectivity index (χ0v) is 12.6. The van der Waals surface area contributed by atoms with Gasteiger partial charge in [0.25, 0.3) is 0 Å². The molecule has 0 radical (unpaired) electrons. The second-order valence-electron chi connectivity index (χ2n) is 5.05. The maximum absolute atomic E-state index is 6.29. The summed E-state index contributed by atoms with van der Waals surface area (Å²) in [6.07, 6.45) is 5.20. The molecule has 0 heterocycles. The molecule has 1 unspecified atom stereocenters. The van der Waals surface area contributed by atoms with Crippen molar-refractivity contribution in [2.75, 3.05) is 21.3 Å². The molecule has 1 aliphatic rings. The van der Waals surface area contributed by atoms with Crippen LogP contribution >= 0.6 is 11.6 Å². The Morgan fingerprint density at radius 1 is 1.21 bits per heavy atom. The van der Waals surface area contributed by atoms with E-state index < -0.39 is 0 Å². The van der Waals surface area contributed by atoms with Gasteiger partial charge in [-0.15, -0.1) is 0 Å². The van der Waals surface area contributed by atoms with Gasteiger partial charge in [-0.1, -0.05) is 24.4 Å². The molecule has 2 rings (SSSR count). The Bertz CT molecular complexity index is 430. The largest absolute Gasteiger partial charge is 0.493 e. The summed E-state index contributed by atoms with van der Waals surface area (Å²) in [6, 6.07) is 4.35. The number of hydrogen-bond acceptors (Lipinski definition) is 3. The van der Waals surface area contributed by atoms with Crippen LogP contribution in [0.25, 0.3) is 0 Å². The van der Waals surface area contributed by atoms with Crippen LogP contribution in [-0.4, -0.2) is 21.3 Å². The van der Waals surface area contributed by atoms with E-state index in [4.69, 9.17) is 21.1 Å². The quantitative estimate of drug-likeness (QED) is 0.891. The number of nitrogens with one attached hydrogen (secondary N) is 1. The lowest BCUT2D eigenvalue weighted by molar-refractivity contribution is 0.350. The Labute approximate surface area is 120 Å². The average molecular weight is 284 g/mol. The van der Waals surface area contributed by atoms with Crippen LogP contribution in [0.5, 0.6) is 11.5 Å². The van der Waals surface area contributed by atoms with Crippen molar-refractivity contribution in [2.24, 2.45) is 5.92 Å². The fourth-order valence-electron chi connectivity index (χ4n) is 3.08. The van der Waals surface area contributed by atoms with Gasteiger partial charge in [-0.05, 0) is 43.5 Å². The third-order valence-corrected chi connectivity index (χ3v) is 4.28. The molecule has 106 valence electrons. The molecule has 1 aromatic carbocycles. The van der Waals surface area contributed by atoms with Crippen LogP contribution in [0, 0.1) is 5.92 Å². The van der Waals surface area contributed by atoms with E-state index in [1.807, 2.05) is 19.2 Å². The van der Waals surface area contributed by atoms with Gasteiger partial charge in [-0.2, -0.15) is 0 Å². The highest BCUT2D eigenvalue weighted by molar-refractivity contribution is 6.32. The molecule has 0 aliphatic heterocycles. The van der Waals surface area contributed by atoms with E-state index in [-0.39, 0.29) is 0 Å². The zero-order valence-electron chi connectivity index (χ0n) is 11.8. The molecule has 1 fully saturated rings. The van der Waals surface area contributed by atoms with Crippen molar-refractivity contribution < 1.29 is 9.47 Å². The Morgan fingerprint density at radius 2 is 1.89 bits per heavy atom. The summed E-state index contributed by atoms with van der Waals surface area (Å²) >= 11 is 6.29. The topological polar surface area (TPSA) is 30.5 Å². The molecular weight excluding hydrogens is 262 g/mol. The molecule has 0 spiro atoms. The summed E-state index contributed by atoms with van der Waals surface area (Å²) in [6.45, 7) is 0. The first-order chi connectivity index (χ1) is 9.21. The van der Waals surface area contributed by atoms with Gasteiger partial charge < -0.3 is 14.8 Å². The van der Waals surface area contributed by atoms with Crippen molar-refractivity contribution in [3.8, 4) is 11.5 Å². The van der Waals surface area contributed by atoms with Crippen molar-refractivity contribution >= 4 is 11.6 Å². The summed E-state index contributed by atoms with van der Waals surface area (Å²) in [5, 5.41) is 4.03. The van der Waals surface area contributed by atoms with E-state index in [9.17, 15) is 0 Å². The Balaban J connectivity index is 2.34. The monoisotopic (exact) mass is 283 g/mol. The lowest BCUT2D eigenvalue weighted by Gasteiger charge is -2.24. The molecule has 1 atom stereocenters. The predicted molar refractivity (Wildman–Crippen MR) is 78.3 cm³/mol. The normalized spacial score (nSPS) is 17.5. The van der Waals surface area contributed by atoms with E-state index in [0.29, 0.717) is 28.5 Å². The highest BCUT2D eigenvalue weighted by atomic mass is 35.5. The first kappa shape index (κ1) is 14.5. The molecule has 0 amide bonds. The molecule has 1 N–H and O–H groups in total. The molecule has 0 aromatic heterocycles. The van der Waals surface area contributed by atoms with Crippen LogP contribution in [0.1, 0.15) is 37.3 Å². The highest BCUT2D eigenvalue weighted by Crippen LogP contribution is 2.41. The van der Waals surface area contributed by atoms with Crippen molar-refractivity contribution in [3.63, 3.8) is 0 Å². The van der Waals surface area contributed by atoms with Gasteiger partial charge in [-0.3, -0.25) is 0 Å². The molecule has 1 aliphatic carbocycles. The summed E-state index contributed by atoms with van der Waals surface area (Å²) in [5.41, 5.74) is 1.18. The minimum Gasteiger partial charge on any atom is -0.493 e. The Morgan fingerprint density at radius 3 is 2.42 bits per heavy atom. The van der Waals surface area contributed by atoms with Gasteiger partial charge >= 0.3 is 0 Å². The van der Waals surface area contributed by atoms with Gasteiger partial charge in [-0.25, -0.2) is 0 Å². The maximum atomic E-state index is 6.29. The predicted octanol–water partition coefficient (Wildman–Crippen LogP) is 3.81. The third-order valence-electron chi connectivity index (χ3n) is 4.00. The van der Waals surface area contributed by atoms with E-state index >= 15 is 0 Å². The van der Waals surface area contributed by atoms with Gasteiger partial charge in [0.2, 0.25) is 0 Å². The van der Waals surface area contributed by atoms with Crippen LogP contribution < -0.4 is 14.8 Å². The number of rotatable bonds is 5. The van der Waals surface area contributed by atoms with Crippen molar-refractivity contribution in [1.82, 2.24) is 5.32 Å². The second kappa shape index (κ2) is 6.49. The summed E-state index contributed by atoms with van der Waals surface area (Å²) in [4.78, 5) is 0. The number of hydrogen-bond donors (Lipinski definition) is 1. The van der Waals surface area contributed by atoms with Gasteiger partial charge in [0.1, 0.15) is 0 Å². The molecule has 1 aromatic rings. The Kier molecular flexibility index (Phi) is 4.94. The van der Waals surface area contributed by atoms with Crippen LogP contribution in [0.3, 0.4) is 0 Å². The van der Waals surface area contributed by atoms with Gasteiger partial charge in [0, 0.05) is 6.04 Å². The van der Waals surface area contributed by atoms with Gasteiger partial charge in [0.05, 0.1) is 19.2 Å². The fraction of sp³-hybridized carbons (Fsp3) is 0.600. The minimum atomic E-state index is 0.333. The standard InChI is InChI=1S/C15H22ClNO2/c1-17-14(10-6-4-5-7-10)11-8-12(16)15(19-3)13(9-11)18-2/h8-10,14,17H,4-7H2,1-3H3.